The Balaban J connectivity index is 2.27. The molecular formula is C10H12BrN3S. The highest BCUT2D eigenvalue weighted by Gasteiger charge is 2.06. The number of aromatic nitrogens is 3. The fourth-order valence-electron chi connectivity index (χ4n) is 1.28. The molecule has 0 saturated carbocycles. The summed E-state index contributed by atoms with van der Waals surface area (Å²) in [5.74, 6) is 1.10. The van der Waals surface area contributed by atoms with E-state index in [4.69, 9.17) is 0 Å². The van der Waals surface area contributed by atoms with Gasteiger partial charge in [-0.15, -0.1) is 11.8 Å². The summed E-state index contributed by atoms with van der Waals surface area (Å²) >= 11 is 5.17. The van der Waals surface area contributed by atoms with Gasteiger partial charge in [-0.3, -0.25) is 0 Å². The Labute approximate surface area is 101 Å². The molecule has 2 rings (SSSR count). The first-order valence-electron chi connectivity index (χ1n) is 4.93. The van der Waals surface area contributed by atoms with Gasteiger partial charge in [0.15, 0.2) is 5.65 Å². The number of hydrogen-bond donors (Lipinski definition) is 0. The average molecular weight is 286 g/mol. The number of thioether (sulfide) groups is 1. The minimum Gasteiger partial charge on any atom is -0.302 e. The minimum atomic E-state index is 0.854. The van der Waals surface area contributed by atoms with Gasteiger partial charge in [0.1, 0.15) is 9.63 Å². The van der Waals surface area contributed by atoms with Gasteiger partial charge < -0.3 is 4.40 Å². The highest BCUT2D eigenvalue weighted by atomic mass is 79.9. The van der Waals surface area contributed by atoms with Crippen LogP contribution in [0.4, 0.5) is 0 Å². The first-order valence-corrected chi connectivity index (χ1v) is 6.71. The van der Waals surface area contributed by atoms with Gasteiger partial charge in [-0.2, -0.15) is 0 Å². The number of unbranched alkanes of at least 4 members (excludes halogenated alkanes) is 1. The number of fused-ring (bicyclic) bond motifs is 1. The number of rotatable bonds is 4. The molecule has 0 unspecified atom stereocenters. The van der Waals surface area contributed by atoms with Gasteiger partial charge in [0, 0.05) is 18.6 Å². The van der Waals surface area contributed by atoms with E-state index >= 15 is 0 Å². The second-order valence-electron chi connectivity index (χ2n) is 3.23. The molecule has 0 bridgehead atoms. The van der Waals surface area contributed by atoms with E-state index in [9.17, 15) is 0 Å². The van der Waals surface area contributed by atoms with Crippen LogP contribution in [0, 0.1) is 0 Å². The third-order valence-corrected chi connectivity index (χ3v) is 3.47. The van der Waals surface area contributed by atoms with Crippen molar-refractivity contribution in [3.63, 3.8) is 0 Å². The Bertz CT molecular complexity index is 455. The lowest BCUT2D eigenvalue weighted by Gasteiger charge is -2.03. The summed E-state index contributed by atoms with van der Waals surface area (Å²) in [6.07, 6.45) is 8.09. The van der Waals surface area contributed by atoms with Crippen molar-refractivity contribution in [2.45, 2.75) is 24.8 Å². The summed E-state index contributed by atoms with van der Waals surface area (Å²) in [6, 6.07) is 0. The largest absolute Gasteiger partial charge is 0.302 e. The highest BCUT2D eigenvalue weighted by molar-refractivity contribution is 9.10. The first kappa shape index (κ1) is 11.0. The molecule has 2 aromatic rings. The molecule has 0 amide bonds. The number of halogens is 1. The predicted octanol–water partition coefficient (Wildman–Crippen LogP) is 3.38. The first-order chi connectivity index (χ1) is 7.31. The maximum absolute atomic E-state index is 4.44. The molecule has 2 heterocycles. The Morgan fingerprint density at radius 1 is 1.53 bits per heavy atom. The zero-order valence-corrected chi connectivity index (χ0v) is 10.9. The third kappa shape index (κ3) is 2.52. The van der Waals surface area contributed by atoms with Crippen LogP contribution in [0.1, 0.15) is 19.8 Å². The number of nitrogens with zero attached hydrogens (tertiary/aromatic N) is 3. The monoisotopic (exact) mass is 285 g/mol. The molecule has 0 aromatic carbocycles. The normalized spacial score (nSPS) is 11.1. The van der Waals surface area contributed by atoms with Crippen molar-refractivity contribution in [2.75, 3.05) is 5.75 Å². The molecule has 3 nitrogen and oxygen atoms in total. The predicted molar refractivity (Wildman–Crippen MR) is 66.3 cm³/mol. The van der Waals surface area contributed by atoms with E-state index in [0.29, 0.717) is 0 Å². The van der Waals surface area contributed by atoms with Crippen LogP contribution in [0.5, 0.6) is 0 Å². The highest BCUT2D eigenvalue weighted by Crippen LogP contribution is 2.23. The second-order valence-corrected chi connectivity index (χ2v) is 5.13. The molecule has 0 fully saturated rings. The van der Waals surface area contributed by atoms with Crippen molar-refractivity contribution in [3.05, 3.63) is 23.2 Å². The molecular weight excluding hydrogens is 274 g/mol. The lowest BCUT2D eigenvalue weighted by molar-refractivity contribution is 0.893. The lowest BCUT2D eigenvalue weighted by atomic mass is 10.4. The van der Waals surface area contributed by atoms with E-state index in [2.05, 4.69) is 32.8 Å². The molecule has 15 heavy (non-hydrogen) atoms. The molecule has 0 aliphatic heterocycles. The van der Waals surface area contributed by atoms with E-state index in [1.54, 1.807) is 18.0 Å². The molecule has 0 atom stereocenters. The molecule has 2 aromatic heterocycles. The van der Waals surface area contributed by atoms with Crippen LogP contribution in [0.2, 0.25) is 0 Å². The molecule has 0 N–H and O–H groups in total. The van der Waals surface area contributed by atoms with E-state index in [1.807, 2.05) is 16.8 Å². The maximum Gasteiger partial charge on any atom is 0.169 e. The van der Waals surface area contributed by atoms with E-state index in [1.165, 1.54) is 12.8 Å². The second kappa shape index (κ2) is 4.99. The Hall–Kier alpha value is -0.550. The van der Waals surface area contributed by atoms with Crippen molar-refractivity contribution in [1.82, 2.24) is 14.4 Å². The summed E-state index contributed by atoms with van der Waals surface area (Å²) < 4.78 is 2.85. The SMILES string of the molecule is CCCCSc1nc(Br)cn2ccnc12. The smallest absolute Gasteiger partial charge is 0.169 e. The molecule has 5 heteroatoms. The summed E-state index contributed by atoms with van der Waals surface area (Å²) in [6.45, 7) is 2.19. The summed E-state index contributed by atoms with van der Waals surface area (Å²) in [5, 5.41) is 1.00. The molecule has 0 aliphatic carbocycles. The van der Waals surface area contributed by atoms with Crippen molar-refractivity contribution in [2.24, 2.45) is 0 Å². The molecule has 0 spiro atoms. The molecule has 0 aliphatic rings. The zero-order valence-electron chi connectivity index (χ0n) is 8.48. The molecule has 80 valence electrons. The quantitative estimate of drug-likeness (QED) is 0.637. The van der Waals surface area contributed by atoms with Crippen LogP contribution in [-0.2, 0) is 0 Å². The van der Waals surface area contributed by atoms with Crippen LogP contribution in [-0.4, -0.2) is 20.1 Å². The summed E-state index contributed by atoms with van der Waals surface area (Å²) in [7, 11) is 0. The standard InChI is InChI=1S/C10H12BrN3S/c1-2-3-6-15-10-9-12-4-5-14(9)7-8(11)13-10/h4-5,7H,2-3,6H2,1H3. The van der Waals surface area contributed by atoms with Crippen LogP contribution < -0.4 is 0 Å². The average Bonchev–Trinajstić information content (AvgIpc) is 2.65. The van der Waals surface area contributed by atoms with Gasteiger partial charge in [0.05, 0.1) is 0 Å². The van der Waals surface area contributed by atoms with Crippen molar-refractivity contribution < 1.29 is 0 Å². The Morgan fingerprint density at radius 2 is 2.40 bits per heavy atom. The minimum absolute atomic E-state index is 0.854. The Kier molecular flexibility index (Phi) is 3.64. The van der Waals surface area contributed by atoms with Crippen molar-refractivity contribution >= 4 is 33.3 Å². The summed E-state index contributed by atoms with van der Waals surface area (Å²) in [5.41, 5.74) is 0.944. The fourth-order valence-corrected chi connectivity index (χ4v) is 2.88. The zero-order chi connectivity index (χ0) is 10.7. The van der Waals surface area contributed by atoms with Crippen LogP contribution in [0.15, 0.2) is 28.2 Å². The van der Waals surface area contributed by atoms with E-state index < -0.39 is 0 Å². The lowest BCUT2D eigenvalue weighted by Crippen LogP contribution is -1.92. The molecule has 0 saturated heterocycles. The van der Waals surface area contributed by atoms with Gasteiger partial charge in [0.25, 0.3) is 0 Å². The van der Waals surface area contributed by atoms with Crippen LogP contribution >= 0.6 is 27.7 Å². The van der Waals surface area contributed by atoms with Gasteiger partial charge in [-0.25, -0.2) is 9.97 Å². The van der Waals surface area contributed by atoms with Gasteiger partial charge in [-0.1, -0.05) is 13.3 Å². The van der Waals surface area contributed by atoms with E-state index in [0.717, 1.165) is 21.0 Å². The number of imidazole rings is 1. The fraction of sp³-hybridized carbons (Fsp3) is 0.400. The Morgan fingerprint density at radius 3 is 3.20 bits per heavy atom. The third-order valence-electron chi connectivity index (χ3n) is 2.05. The molecule has 0 radical (unpaired) electrons. The summed E-state index contributed by atoms with van der Waals surface area (Å²) in [4.78, 5) is 8.74. The van der Waals surface area contributed by atoms with E-state index in [-0.39, 0.29) is 0 Å². The maximum atomic E-state index is 4.44. The van der Waals surface area contributed by atoms with Gasteiger partial charge in [0.2, 0.25) is 0 Å². The van der Waals surface area contributed by atoms with Crippen molar-refractivity contribution in [1.29, 1.82) is 0 Å². The van der Waals surface area contributed by atoms with Gasteiger partial charge in [-0.05, 0) is 28.1 Å². The number of hydrogen-bond acceptors (Lipinski definition) is 3. The van der Waals surface area contributed by atoms with Gasteiger partial charge >= 0.3 is 0 Å². The van der Waals surface area contributed by atoms with Crippen LogP contribution in [0.25, 0.3) is 5.65 Å². The van der Waals surface area contributed by atoms with Crippen LogP contribution in [0.3, 0.4) is 0 Å². The topological polar surface area (TPSA) is 30.2 Å². The van der Waals surface area contributed by atoms with Crippen molar-refractivity contribution in [3.8, 4) is 0 Å².